The maximum Gasteiger partial charge on any atom is 0.331 e. The fraction of sp³-hybridized carbons (Fsp3) is 0.238. The average molecular weight is 386 g/mol. The largest absolute Gasteiger partial charge is 0.496 e. The molecule has 0 amide bonds. The zero-order valence-electron chi connectivity index (χ0n) is 15.3. The summed E-state index contributed by atoms with van der Waals surface area (Å²) in [5.74, 6) is -0.354. The molecule has 0 aromatic heterocycles. The van der Waals surface area contributed by atoms with E-state index in [0.29, 0.717) is 24.7 Å². The number of benzene rings is 2. The quantitative estimate of drug-likeness (QED) is 0.430. The number of esters is 1. The summed E-state index contributed by atoms with van der Waals surface area (Å²) in [7, 11) is 1.37. The molecule has 7 heteroatoms. The van der Waals surface area contributed by atoms with Crippen molar-refractivity contribution in [2.45, 2.75) is 6.42 Å². The van der Waals surface area contributed by atoms with Crippen LogP contribution >= 0.6 is 0 Å². The summed E-state index contributed by atoms with van der Waals surface area (Å²) < 4.78 is 34.5. The van der Waals surface area contributed by atoms with E-state index in [1.54, 1.807) is 24.3 Å². The molecule has 3 rings (SSSR count). The molecule has 0 saturated carbocycles. The van der Waals surface area contributed by atoms with Gasteiger partial charge in [-0.1, -0.05) is 6.07 Å². The molecule has 0 aliphatic carbocycles. The summed E-state index contributed by atoms with van der Waals surface area (Å²) in [5.41, 5.74) is 0.738. The number of fused-ring (bicyclic) bond motifs is 1. The van der Waals surface area contributed by atoms with Crippen LogP contribution in [0.2, 0.25) is 0 Å². The third-order valence-electron chi connectivity index (χ3n) is 3.99. The topological polar surface area (TPSA) is 71.1 Å². The third-order valence-corrected chi connectivity index (χ3v) is 3.99. The van der Waals surface area contributed by atoms with Crippen LogP contribution < -0.4 is 14.2 Å². The molecule has 1 aliphatic heterocycles. The van der Waals surface area contributed by atoms with Gasteiger partial charge >= 0.3 is 5.97 Å². The molecular formula is C21H19FO6. The fourth-order valence-corrected chi connectivity index (χ4v) is 2.61. The van der Waals surface area contributed by atoms with Crippen molar-refractivity contribution in [1.82, 2.24) is 0 Å². The van der Waals surface area contributed by atoms with Gasteiger partial charge in [0.05, 0.1) is 25.9 Å². The highest BCUT2D eigenvalue weighted by molar-refractivity contribution is 6.01. The van der Waals surface area contributed by atoms with Crippen molar-refractivity contribution in [3.05, 3.63) is 59.4 Å². The van der Waals surface area contributed by atoms with Crippen LogP contribution in [-0.4, -0.2) is 38.7 Å². The van der Waals surface area contributed by atoms with Gasteiger partial charge in [-0.05, 0) is 42.0 Å². The van der Waals surface area contributed by atoms with Crippen LogP contribution in [0.5, 0.6) is 17.2 Å². The maximum atomic E-state index is 13.4. The van der Waals surface area contributed by atoms with Gasteiger partial charge in [0.1, 0.15) is 11.6 Å². The first-order chi connectivity index (χ1) is 13.6. The second kappa shape index (κ2) is 9.03. The first-order valence-corrected chi connectivity index (χ1v) is 8.68. The van der Waals surface area contributed by atoms with Gasteiger partial charge in [0.25, 0.3) is 0 Å². The van der Waals surface area contributed by atoms with Crippen LogP contribution in [-0.2, 0) is 9.53 Å². The number of carbonyl (C=O) groups excluding carboxylic acids is 2. The Morgan fingerprint density at radius 3 is 2.68 bits per heavy atom. The van der Waals surface area contributed by atoms with Crippen molar-refractivity contribution in [3.63, 3.8) is 0 Å². The van der Waals surface area contributed by atoms with E-state index < -0.39 is 24.2 Å². The van der Waals surface area contributed by atoms with Crippen molar-refractivity contribution in [1.29, 1.82) is 0 Å². The van der Waals surface area contributed by atoms with Gasteiger partial charge in [-0.25, -0.2) is 9.18 Å². The van der Waals surface area contributed by atoms with Gasteiger partial charge in [-0.2, -0.15) is 0 Å². The van der Waals surface area contributed by atoms with E-state index in [-0.39, 0.29) is 11.3 Å². The monoisotopic (exact) mass is 386 g/mol. The van der Waals surface area contributed by atoms with Gasteiger partial charge in [0, 0.05) is 12.5 Å². The minimum atomic E-state index is -0.698. The van der Waals surface area contributed by atoms with Crippen molar-refractivity contribution in [2.24, 2.45) is 0 Å². The molecule has 2 aromatic rings. The first-order valence-electron chi connectivity index (χ1n) is 8.68. The number of halogens is 1. The summed E-state index contributed by atoms with van der Waals surface area (Å²) in [6, 6.07) is 8.87. The molecule has 0 fully saturated rings. The molecule has 1 heterocycles. The molecule has 0 spiro atoms. The Morgan fingerprint density at radius 2 is 1.89 bits per heavy atom. The Labute approximate surface area is 161 Å². The highest BCUT2D eigenvalue weighted by Crippen LogP contribution is 2.30. The zero-order valence-corrected chi connectivity index (χ0v) is 15.3. The highest BCUT2D eigenvalue weighted by Gasteiger charge is 2.15. The summed E-state index contributed by atoms with van der Waals surface area (Å²) in [4.78, 5) is 24.1. The molecule has 0 saturated heterocycles. The number of rotatable bonds is 6. The van der Waals surface area contributed by atoms with Crippen molar-refractivity contribution in [3.8, 4) is 17.2 Å². The Hall–Kier alpha value is -3.35. The summed E-state index contributed by atoms with van der Waals surface area (Å²) in [6.07, 6.45) is 3.55. The molecular weight excluding hydrogens is 367 g/mol. The normalized spacial score (nSPS) is 13.1. The Morgan fingerprint density at radius 1 is 1.11 bits per heavy atom. The smallest absolute Gasteiger partial charge is 0.331 e. The Balaban J connectivity index is 1.59. The lowest BCUT2D eigenvalue weighted by atomic mass is 10.1. The van der Waals surface area contributed by atoms with Crippen molar-refractivity contribution < 1.29 is 32.9 Å². The predicted octanol–water partition coefficient (Wildman–Crippen LogP) is 3.43. The fourth-order valence-electron chi connectivity index (χ4n) is 2.61. The van der Waals surface area contributed by atoms with Gasteiger partial charge in [0.15, 0.2) is 18.1 Å². The molecule has 2 aromatic carbocycles. The first kappa shape index (κ1) is 19.4. The van der Waals surface area contributed by atoms with Crippen LogP contribution in [0.15, 0.2) is 42.5 Å². The standard InChI is InChI=1S/C21H19FO6/c1-25-18-7-5-15(22)12-16(18)17(23)13-28-21(24)8-4-14-3-6-19-20(11-14)27-10-2-9-26-19/h3-8,11-12H,2,9-10,13H2,1H3/b8-4+. The minimum absolute atomic E-state index is 0.0159. The van der Waals surface area contributed by atoms with Crippen molar-refractivity contribution in [2.75, 3.05) is 26.9 Å². The molecule has 146 valence electrons. The highest BCUT2D eigenvalue weighted by atomic mass is 19.1. The molecule has 28 heavy (non-hydrogen) atoms. The SMILES string of the molecule is COc1ccc(F)cc1C(=O)COC(=O)/C=C/c1ccc2c(c1)OCCCO2. The van der Waals surface area contributed by atoms with E-state index in [1.165, 1.54) is 25.3 Å². The number of ether oxygens (including phenoxy) is 4. The number of ketones is 1. The van der Waals surface area contributed by atoms with Crippen molar-refractivity contribution >= 4 is 17.8 Å². The molecule has 0 bridgehead atoms. The van der Waals surface area contributed by atoms with Gasteiger partial charge < -0.3 is 18.9 Å². The number of Topliss-reactive ketones (excluding diaryl/α,β-unsaturated/α-hetero) is 1. The van der Waals surface area contributed by atoms with E-state index >= 15 is 0 Å². The Bertz CT molecular complexity index is 906. The van der Waals surface area contributed by atoms with Gasteiger partial charge in [-0.15, -0.1) is 0 Å². The minimum Gasteiger partial charge on any atom is -0.496 e. The third kappa shape index (κ3) is 4.88. The Kier molecular flexibility index (Phi) is 6.26. The van der Waals surface area contributed by atoms with Crippen LogP contribution in [0.4, 0.5) is 4.39 Å². The van der Waals surface area contributed by atoms with E-state index in [4.69, 9.17) is 18.9 Å². The predicted molar refractivity (Wildman–Crippen MR) is 99.3 cm³/mol. The van der Waals surface area contributed by atoms with E-state index in [2.05, 4.69) is 0 Å². The zero-order chi connectivity index (χ0) is 19.9. The van der Waals surface area contributed by atoms with Crippen LogP contribution in [0.25, 0.3) is 6.08 Å². The van der Waals surface area contributed by atoms with Crippen LogP contribution in [0.1, 0.15) is 22.3 Å². The lowest BCUT2D eigenvalue weighted by Crippen LogP contribution is -2.13. The average Bonchev–Trinajstić information content (AvgIpc) is 2.95. The molecule has 0 unspecified atom stereocenters. The lowest BCUT2D eigenvalue weighted by Gasteiger charge is -2.08. The molecule has 0 radical (unpaired) electrons. The second-order valence-electron chi connectivity index (χ2n) is 5.97. The molecule has 0 N–H and O–H groups in total. The number of hydrogen-bond donors (Lipinski definition) is 0. The number of hydrogen-bond acceptors (Lipinski definition) is 6. The number of carbonyl (C=O) groups is 2. The van der Waals surface area contributed by atoms with Gasteiger partial charge in [0.2, 0.25) is 5.78 Å². The lowest BCUT2D eigenvalue weighted by molar-refractivity contribution is -0.136. The number of methoxy groups -OCH3 is 1. The van der Waals surface area contributed by atoms with E-state index in [9.17, 15) is 14.0 Å². The molecule has 0 atom stereocenters. The summed E-state index contributed by atoms with van der Waals surface area (Å²) in [6.45, 7) is 0.636. The van der Waals surface area contributed by atoms with E-state index in [0.717, 1.165) is 18.1 Å². The molecule has 6 nitrogen and oxygen atoms in total. The summed E-state index contributed by atoms with van der Waals surface area (Å²) >= 11 is 0. The van der Waals surface area contributed by atoms with Crippen LogP contribution in [0.3, 0.4) is 0 Å². The van der Waals surface area contributed by atoms with Gasteiger partial charge in [-0.3, -0.25) is 4.79 Å². The summed E-state index contributed by atoms with van der Waals surface area (Å²) in [5, 5.41) is 0. The second-order valence-corrected chi connectivity index (χ2v) is 5.97. The van der Waals surface area contributed by atoms with E-state index in [1.807, 2.05) is 0 Å². The van der Waals surface area contributed by atoms with Crippen LogP contribution in [0, 0.1) is 5.82 Å². The molecule has 1 aliphatic rings. The maximum absolute atomic E-state index is 13.4.